The summed E-state index contributed by atoms with van der Waals surface area (Å²) in [5, 5.41) is 8.91. The van der Waals surface area contributed by atoms with Crippen LogP contribution in [0.25, 0.3) is 0 Å². The molecule has 0 fully saturated rings. The predicted octanol–water partition coefficient (Wildman–Crippen LogP) is 0.611. The monoisotopic (exact) mass is 289 g/mol. The predicted molar refractivity (Wildman–Crippen MR) is 71.0 cm³/mol. The zero-order valence-corrected chi connectivity index (χ0v) is 12.0. The van der Waals surface area contributed by atoms with E-state index in [-0.39, 0.29) is 29.7 Å². The van der Waals surface area contributed by atoms with Gasteiger partial charge in [0.2, 0.25) is 10.0 Å². The first-order chi connectivity index (χ1) is 8.94. The lowest BCUT2D eigenvalue weighted by molar-refractivity contribution is 0.238. The van der Waals surface area contributed by atoms with E-state index < -0.39 is 10.0 Å². The first kappa shape index (κ1) is 15.7. The zero-order chi connectivity index (χ0) is 14.5. The van der Waals surface area contributed by atoms with E-state index in [1.807, 2.05) is 0 Å². The van der Waals surface area contributed by atoms with Gasteiger partial charge in [0.05, 0.1) is 14.2 Å². The van der Waals surface area contributed by atoms with E-state index in [9.17, 15) is 8.42 Å². The zero-order valence-electron chi connectivity index (χ0n) is 11.2. The SMILES string of the molecule is COc1ccc(OC)c(S(=O)(=O)NCC(C)CO)c1. The third kappa shape index (κ3) is 4.09. The molecule has 0 saturated carbocycles. The van der Waals surface area contributed by atoms with Crippen LogP contribution in [0.4, 0.5) is 0 Å². The number of hydrogen-bond acceptors (Lipinski definition) is 5. The van der Waals surface area contributed by atoms with E-state index in [1.54, 1.807) is 13.0 Å². The Labute approximate surface area is 113 Å². The Balaban J connectivity index is 3.05. The second-order valence-electron chi connectivity index (χ2n) is 4.16. The summed E-state index contributed by atoms with van der Waals surface area (Å²) < 4.78 is 36.8. The first-order valence-corrected chi connectivity index (χ1v) is 7.25. The van der Waals surface area contributed by atoms with Crippen molar-refractivity contribution in [2.24, 2.45) is 5.92 Å². The highest BCUT2D eigenvalue weighted by Gasteiger charge is 2.20. The number of aliphatic hydroxyl groups excluding tert-OH is 1. The number of rotatable bonds is 7. The summed E-state index contributed by atoms with van der Waals surface area (Å²) in [6.45, 7) is 1.81. The van der Waals surface area contributed by atoms with E-state index in [0.29, 0.717) is 5.75 Å². The second kappa shape index (κ2) is 6.74. The molecule has 0 aromatic heterocycles. The molecule has 1 atom stereocenters. The molecule has 0 aliphatic carbocycles. The van der Waals surface area contributed by atoms with E-state index in [4.69, 9.17) is 14.6 Å². The van der Waals surface area contributed by atoms with Gasteiger partial charge in [0.1, 0.15) is 16.4 Å². The topological polar surface area (TPSA) is 84.9 Å². The molecule has 0 aliphatic heterocycles. The Morgan fingerprint density at radius 2 is 2.00 bits per heavy atom. The van der Waals surface area contributed by atoms with Crippen LogP contribution >= 0.6 is 0 Å². The van der Waals surface area contributed by atoms with Crippen molar-refractivity contribution in [2.45, 2.75) is 11.8 Å². The molecule has 0 heterocycles. The normalized spacial score (nSPS) is 13.1. The van der Waals surface area contributed by atoms with Gasteiger partial charge >= 0.3 is 0 Å². The van der Waals surface area contributed by atoms with E-state index in [2.05, 4.69) is 4.72 Å². The third-order valence-electron chi connectivity index (χ3n) is 2.59. The molecule has 0 bridgehead atoms. The minimum Gasteiger partial charge on any atom is -0.497 e. The van der Waals surface area contributed by atoms with Crippen LogP contribution in [0, 0.1) is 5.92 Å². The van der Waals surface area contributed by atoms with Gasteiger partial charge < -0.3 is 14.6 Å². The van der Waals surface area contributed by atoms with Gasteiger partial charge in [-0.05, 0) is 18.1 Å². The van der Waals surface area contributed by atoms with Crippen LogP contribution < -0.4 is 14.2 Å². The number of ether oxygens (including phenoxy) is 2. The van der Waals surface area contributed by atoms with Crippen molar-refractivity contribution < 1.29 is 23.0 Å². The number of hydrogen-bond donors (Lipinski definition) is 2. The van der Waals surface area contributed by atoms with Gasteiger partial charge in [0, 0.05) is 19.2 Å². The van der Waals surface area contributed by atoms with Crippen LogP contribution in [-0.2, 0) is 10.0 Å². The number of nitrogens with one attached hydrogen (secondary N) is 1. The molecule has 0 spiro atoms. The van der Waals surface area contributed by atoms with Gasteiger partial charge in [-0.15, -0.1) is 0 Å². The van der Waals surface area contributed by atoms with Crippen LogP contribution in [-0.4, -0.2) is 40.9 Å². The highest BCUT2D eigenvalue weighted by Crippen LogP contribution is 2.27. The second-order valence-corrected chi connectivity index (χ2v) is 5.89. The highest BCUT2D eigenvalue weighted by atomic mass is 32.2. The smallest absolute Gasteiger partial charge is 0.244 e. The fourth-order valence-corrected chi connectivity index (χ4v) is 2.74. The molecule has 0 saturated heterocycles. The van der Waals surface area contributed by atoms with Crippen molar-refractivity contribution in [2.75, 3.05) is 27.4 Å². The Morgan fingerprint density at radius 1 is 1.32 bits per heavy atom. The summed E-state index contributed by atoms with van der Waals surface area (Å²) in [6.07, 6.45) is 0. The fourth-order valence-electron chi connectivity index (χ4n) is 1.39. The molecule has 6 nitrogen and oxygen atoms in total. The summed E-state index contributed by atoms with van der Waals surface area (Å²) in [7, 11) is -0.849. The van der Waals surface area contributed by atoms with Gasteiger partial charge in [0.15, 0.2) is 0 Å². The van der Waals surface area contributed by atoms with Gasteiger partial charge in [-0.2, -0.15) is 0 Å². The maximum absolute atomic E-state index is 12.2. The summed E-state index contributed by atoms with van der Waals surface area (Å²) in [4.78, 5) is 0.0134. The highest BCUT2D eigenvalue weighted by molar-refractivity contribution is 7.89. The van der Waals surface area contributed by atoms with Crippen LogP contribution in [0.3, 0.4) is 0 Å². The molecule has 19 heavy (non-hydrogen) atoms. The summed E-state index contributed by atoms with van der Waals surface area (Å²) in [5.41, 5.74) is 0. The van der Waals surface area contributed by atoms with Crippen molar-refractivity contribution in [1.82, 2.24) is 4.72 Å². The fraction of sp³-hybridized carbons (Fsp3) is 0.500. The largest absolute Gasteiger partial charge is 0.497 e. The average molecular weight is 289 g/mol. The van der Waals surface area contributed by atoms with Crippen LogP contribution in [0.15, 0.2) is 23.1 Å². The minimum absolute atomic E-state index is 0.0134. The van der Waals surface area contributed by atoms with Crippen molar-refractivity contribution >= 4 is 10.0 Å². The molecule has 1 aromatic carbocycles. The molecule has 108 valence electrons. The van der Waals surface area contributed by atoms with Crippen LogP contribution in [0.1, 0.15) is 6.92 Å². The third-order valence-corrected chi connectivity index (χ3v) is 4.04. The molecule has 0 aliphatic rings. The van der Waals surface area contributed by atoms with Crippen molar-refractivity contribution in [3.05, 3.63) is 18.2 Å². The Kier molecular flexibility index (Phi) is 5.59. The summed E-state index contributed by atoms with van der Waals surface area (Å²) >= 11 is 0. The van der Waals surface area contributed by atoms with E-state index in [0.717, 1.165) is 0 Å². The standard InChI is InChI=1S/C12H19NO5S/c1-9(8-14)7-13-19(15,16)12-6-10(17-2)4-5-11(12)18-3/h4-6,9,13-14H,7-8H2,1-3H3. The number of sulfonamides is 1. The van der Waals surface area contributed by atoms with Crippen LogP contribution in [0.2, 0.25) is 0 Å². The number of benzene rings is 1. The first-order valence-electron chi connectivity index (χ1n) is 5.77. The molecular weight excluding hydrogens is 270 g/mol. The summed E-state index contributed by atoms with van der Waals surface area (Å²) in [6, 6.07) is 4.54. The molecule has 0 radical (unpaired) electrons. The molecule has 2 N–H and O–H groups in total. The maximum atomic E-state index is 12.2. The molecule has 1 rings (SSSR count). The molecule has 1 aromatic rings. The van der Waals surface area contributed by atoms with Crippen LogP contribution in [0.5, 0.6) is 11.5 Å². The van der Waals surface area contributed by atoms with E-state index >= 15 is 0 Å². The van der Waals surface area contributed by atoms with Crippen molar-refractivity contribution in [3.63, 3.8) is 0 Å². The van der Waals surface area contributed by atoms with E-state index in [1.165, 1.54) is 26.4 Å². The molecular formula is C12H19NO5S. The van der Waals surface area contributed by atoms with Gasteiger partial charge in [-0.3, -0.25) is 0 Å². The Hall–Kier alpha value is -1.31. The van der Waals surface area contributed by atoms with Gasteiger partial charge in [0.25, 0.3) is 0 Å². The van der Waals surface area contributed by atoms with Crippen molar-refractivity contribution in [3.8, 4) is 11.5 Å². The van der Waals surface area contributed by atoms with Gasteiger partial charge in [-0.1, -0.05) is 6.92 Å². The molecule has 1 unspecified atom stereocenters. The Morgan fingerprint density at radius 3 is 2.53 bits per heavy atom. The molecule has 0 amide bonds. The quantitative estimate of drug-likeness (QED) is 0.768. The minimum atomic E-state index is -3.71. The lowest BCUT2D eigenvalue weighted by atomic mass is 10.2. The lowest BCUT2D eigenvalue weighted by Gasteiger charge is -2.13. The number of methoxy groups -OCH3 is 2. The van der Waals surface area contributed by atoms with Gasteiger partial charge in [-0.25, -0.2) is 13.1 Å². The lowest BCUT2D eigenvalue weighted by Crippen LogP contribution is -2.30. The van der Waals surface area contributed by atoms with Crippen molar-refractivity contribution in [1.29, 1.82) is 0 Å². The molecule has 7 heteroatoms. The Bertz CT molecular complexity index is 515. The summed E-state index contributed by atoms with van der Waals surface area (Å²) in [5.74, 6) is 0.507. The number of aliphatic hydroxyl groups is 1. The average Bonchev–Trinajstić information content (AvgIpc) is 2.43. The maximum Gasteiger partial charge on any atom is 0.244 e.